The molecule has 0 saturated carbocycles. The molecule has 2 rings (SSSR count). The van der Waals surface area contributed by atoms with E-state index >= 15 is 0 Å². The first-order valence-electron chi connectivity index (χ1n) is 5.41. The SMILES string of the molecule is COC(=O)C1=CC(=O)N(c2ccc(F)cc2)C1=C(Cl)Cl. The van der Waals surface area contributed by atoms with E-state index in [1.807, 2.05) is 0 Å². The molecule has 0 aromatic heterocycles. The van der Waals surface area contributed by atoms with Crippen molar-refractivity contribution < 1.29 is 18.7 Å². The Morgan fingerprint density at radius 3 is 2.35 bits per heavy atom. The first-order chi connectivity index (χ1) is 9.45. The highest BCUT2D eigenvalue weighted by Gasteiger charge is 2.35. The maximum atomic E-state index is 12.9. The van der Waals surface area contributed by atoms with Crippen molar-refractivity contribution in [1.29, 1.82) is 0 Å². The second-order valence-electron chi connectivity index (χ2n) is 3.81. The minimum absolute atomic E-state index is 0.0109. The molecule has 0 N–H and O–H groups in total. The minimum Gasteiger partial charge on any atom is -0.465 e. The van der Waals surface area contributed by atoms with Gasteiger partial charge in [-0.3, -0.25) is 9.69 Å². The highest BCUT2D eigenvalue weighted by molar-refractivity contribution is 6.57. The van der Waals surface area contributed by atoms with E-state index in [9.17, 15) is 14.0 Å². The van der Waals surface area contributed by atoms with Crippen LogP contribution in [0.4, 0.5) is 10.1 Å². The summed E-state index contributed by atoms with van der Waals surface area (Å²) in [6, 6.07) is 5.10. The average Bonchev–Trinajstić information content (AvgIpc) is 2.76. The molecule has 1 aromatic carbocycles. The van der Waals surface area contributed by atoms with E-state index in [1.54, 1.807) is 0 Å². The third kappa shape index (κ3) is 2.55. The van der Waals surface area contributed by atoms with Crippen LogP contribution in [0.15, 0.2) is 46.1 Å². The summed E-state index contributed by atoms with van der Waals surface area (Å²) in [5.74, 6) is -1.72. The summed E-state index contributed by atoms with van der Waals surface area (Å²) in [6.07, 6.45) is 1.06. The van der Waals surface area contributed by atoms with E-state index in [-0.39, 0.29) is 15.8 Å². The van der Waals surface area contributed by atoms with Gasteiger partial charge >= 0.3 is 5.97 Å². The van der Waals surface area contributed by atoms with E-state index in [2.05, 4.69) is 4.74 Å². The second-order valence-corrected chi connectivity index (χ2v) is 4.76. The van der Waals surface area contributed by atoms with Crippen molar-refractivity contribution >= 4 is 40.8 Å². The quantitative estimate of drug-likeness (QED) is 0.788. The van der Waals surface area contributed by atoms with Crippen LogP contribution >= 0.6 is 23.2 Å². The van der Waals surface area contributed by atoms with Crippen molar-refractivity contribution in [3.63, 3.8) is 0 Å². The molecule has 7 heteroatoms. The fraction of sp³-hybridized carbons (Fsp3) is 0.0769. The number of methoxy groups -OCH3 is 1. The maximum absolute atomic E-state index is 12.9. The number of ether oxygens (including phenoxy) is 1. The topological polar surface area (TPSA) is 46.6 Å². The number of nitrogens with zero attached hydrogens (tertiary/aromatic N) is 1. The van der Waals surface area contributed by atoms with Crippen molar-refractivity contribution in [1.82, 2.24) is 0 Å². The number of rotatable bonds is 2. The van der Waals surface area contributed by atoms with E-state index in [4.69, 9.17) is 23.2 Å². The molecule has 0 spiro atoms. The largest absolute Gasteiger partial charge is 0.465 e. The van der Waals surface area contributed by atoms with Gasteiger partial charge < -0.3 is 4.74 Å². The predicted octanol–water partition coefficient (Wildman–Crippen LogP) is 2.92. The van der Waals surface area contributed by atoms with Gasteiger partial charge in [-0.1, -0.05) is 23.2 Å². The monoisotopic (exact) mass is 315 g/mol. The molecule has 4 nitrogen and oxygen atoms in total. The maximum Gasteiger partial charge on any atom is 0.340 e. The van der Waals surface area contributed by atoms with Crippen LogP contribution < -0.4 is 4.90 Å². The lowest BCUT2D eigenvalue weighted by Crippen LogP contribution is -2.25. The third-order valence-electron chi connectivity index (χ3n) is 2.64. The zero-order valence-electron chi connectivity index (χ0n) is 10.2. The van der Waals surface area contributed by atoms with Crippen molar-refractivity contribution in [3.05, 3.63) is 51.9 Å². The fourth-order valence-electron chi connectivity index (χ4n) is 1.79. The fourth-order valence-corrected chi connectivity index (χ4v) is 2.16. The number of amides is 1. The number of benzene rings is 1. The van der Waals surface area contributed by atoms with Crippen LogP contribution in [0.5, 0.6) is 0 Å². The van der Waals surface area contributed by atoms with Gasteiger partial charge in [-0.2, -0.15) is 0 Å². The van der Waals surface area contributed by atoms with Gasteiger partial charge in [0.1, 0.15) is 10.3 Å². The first kappa shape index (κ1) is 14.6. The van der Waals surface area contributed by atoms with Crippen molar-refractivity contribution in [3.8, 4) is 0 Å². The molecular weight excluding hydrogens is 308 g/mol. The summed E-state index contributed by atoms with van der Waals surface area (Å²) in [5, 5.41) is 0. The lowest BCUT2D eigenvalue weighted by atomic mass is 10.2. The van der Waals surface area contributed by atoms with Crippen LogP contribution in [-0.2, 0) is 14.3 Å². The lowest BCUT2D eigenvalue weighted by Gasteiger charge is -2.19. The molecule has 1 aliphatic rings. The molecule has 1 aliphatic heterocycles. The van der Waals surface area contributed by atoms with Crippen molar-refractivity contribution in [2.75, 3.05) is 12.0 Å². The van der Waals surface area contributed by atoms with Gasteiger partial charge in [-0.25, -0.2) is 9.18 Å². The molecule has 0 radical (unpaired) electrons. The van der Waals surface area contributed by atoms with E-state index in [0.29, 0.717) is 5.69 Å². The van der Waals surface area contributed by atoms with Gasteiger partial charge in [0, 0.05) is 11.8 Å². The lowest BCUT2D eigenvalue weighted by molar-refractivity contribution is -0.135. The third-order valence-corrected chi connectivity index (χ3v) is 2.99. The zero-order chi connectivity index (χ0) is 14.9. The Bertz CT molecular complexity index is 634. The van der Waals surface area contributed by atoms with Crippen LogP contribution in [-0.4, -0.2) is 19.0 Å². The zero-order valence-corrected chi connectivity index (χ0v) is 11.7. The molecule has 1 amide bonds. The predicted molar refractivity (Wildman–Crippen MR) is 72.7 cm³/mol. The Morgan fingerprint density at radius 1 is 1.25 bits per heavy atom. The van der Waals surface area contributed by atoms with Gasteiger partial charge in [0.2, 0.25) is 0 Å². The summed E-state index contributed by atoms with van der Waals surface area (Å²) in [6.45, 7) is 0. The van der Waals surface area contributed by atoms with Crippen LogP contribution in [0.2, 0.25) is 0 Å². The first-order valence-corrected chi connectivity index (χ1v) is 6.16. The molecule has 0 atom stereocenters. The number of carbonyl (C=O) groups excluding carboxylic acids is 2. The Hall–Kier alpha value is -1.85. The second kappa shape index (κ2) is 5.64. The van der Waals surface area contributed by atoms with E-state index in [0.717, 1.165) is 11.0 Å². The molecule has 0 unspecified atom stereocenters. The highest BCUT2D eigenvalue weighted by atomic mass is 35.5. The Balaban J connectivity index is 2.51. The highest BCUT2D eigenvalue weighted by Crippen LogP contribution is 2.35. The summed E-state index contributed by atoms with van der Waals surface area (Å²) >= 11 is 11.5. The molecule has 1 heterocycles. The standard InChI is InChI=1S/C13H8Cl2FNO3/c1-20-13(19)9-6-10(18)17(11(9)12(14)15)8-4-2-7(16)3-5-8/h2-6H,1H3. The average molecular weight is 316 g/mol. The molecule has 0 bridgehead atoms. The Labute approximate surface area is 124 Å². The smallest absolute Gasteiger partial charge is 0.340 e. The van der Waals surface area contributed by atoms with E-state index in [1.165, 1.54) is 31.4 Å². The van der Waals surface area contributed by atoms with E-state index < -0.39 is 17.7 Å². The normalized spacial score (nSPS) is 14.4. The molecular formula is C13H8Cl2FNO3. The molecule has 104 valence electrons. The molecule has 0 aliphatic carbocycles. The van der Waals surface area contributed by atoms with Crippen molar-refractivity contribution in [2.45, 2.75) is 0 Å². The van der Waals surface area contributed by atoms with Crippen LogP contribution in [0.1, 0.15) is 0 Å². The van der Waals surface area contributed by atoms with Gasteiger partial charge in [-0.15, -0.1) is 0 Å². The van der Waals surface area contributed by atoms with Crippen molar-refractivity contribution in [2.24, 2.45) is 0 Å². The number of halogens is 3. The summed E-state index contributed by atoms with van der Waals surface area (Å²) in [4.78, 5) is 24.7. The summed E-state index contributed by atoms with van der Waals surface area (Å²) < 4.78 is 17.2. The summed E-state index contributed by atoms with van der Waals surface area (Å²) in [5.41, 5.74) is 0.291. The molecule has 0 fully saturated rings. The molecule has 1 aromatic rings. The number of hydrogen-bond donors (Lipinski definition) is 0. The van der Waals surface area contributed by atoms with Gasteiger partial charge in [0.15, 0.2) is 0 Å². The minimum atomic E-state index is -0.739. The number of carbonyl (C=O) groups is 2. The van der Waals surface area contributed by atoms with Gasteiger partial charge in [0.05, 0.1) is 18.4 Å². The van der Waals surface area contributed by atoms with Gasteiger partial charge in [0.25, 0.3) is 5.91 Å². The van der Waals surface area contributed by atoms with Crippen LogP contribution in [0.3, 0.4) is 0 Å². The van der Waals surface area contributed by atoms with Gasteiger partial charge in [-0.05, 0) is 24.3 Å². The Kier molecular flexibility index (Phi) is 4.11. The number of anilines is 1. The number of hydrogen-bond acceptors (Lipinski definition) is 3. The molecule has 20 heavy (non-hydrogen) atoms. The van der Waals surface area contributed by atoms with Crippen LogP contribution in [0.25, 0.3) is 0 Å². The molecule has 0 saturated heterocycles. The van der Waals surface area contributed by atoms with Crippen LogP contribution in [0, 0.1) is 5.82 Å². The number of esters is 1. The summed E-state index contributed by atoms with van der Waals surface area (Å²) in [7, 11) is 1.17. The Morgan fingerprint density at radius 2 is 1.85 bits per heavy atom.